The van der Waals surface area contributed by atoms with Crippen molar-refractivity contribution in [1.82, 2.24) is 5.32 Å². The summed E-state index contributed by atoms with van der Waals surface area (Å²) < 4.78 is 23.0. The van der Waals surface area contributed by atoms with Gasteiger partial charge in [-0.1, -0.05) is 13.8 Å². The van der Waals surface area contributed by atoms with E-state index in [1.54, 1.807) is 0 Å². The fourth-order valence-corrected chi connectivity index (χ4v) is 2.82. The number of sulfone groups is 1. The number of unbranched alkanes of at least 4 members (excludes halogenated alkanes) is 1. The molecule has 0 spiro atoms. The average Bonchev–Trinajstić information content (AvgIpc) is 2.10. The second-order valence-corrected chi connectivity index (χ2v) is 6.45. The molecule has 14 heavy (non-hydrogen) atoms. The molecule has 3 nitrogen and oxygen atoms in total. The summed E-state index contributed by atoms with van der Waals surface area (Å²) in [6.45, 7) is 5.01. The topological polar surface area (TPSA) is 46.2 Å². The quantitative estimate of drug-likeness (QED) is 0.631. The van der Waals surface area contributed by atoms with Crippen molar-refractivity contribution in [3.8, 4) is 0 Å². The van der Waals surface area contributed by atoms with Crippen molar-refractivity contribution in [1.29, 1.82) is 0 Å². The minimum Gasteiger partial charge on any atom is -0.320 e. The van der Waals surface area contributed by atoms with Gasteiger partial charge in [0, 0.05) is 0 Å². The first-order valence-corrected chi connectivity index (χ1v) is 7.15. The van der Waals surface area contributed by atoms with Gasteiger partial charge in [-0.25, -0.2) is 8.42 Å². The van der Waals surface area contributed by atoms with E-state index < -0.39 is 9.84 Å². The summed E-state index contributed by atoms with van der Waals surface area (Å²) in [5.74, 6) is 1.17. The molecule has 0 rings (SSSR count). The summed E-state index contributed by atoms with van der Waals surface area (Å²) in [6, 6.07) is 0. The van der Waals surface area contributed by atoms with Crippen LogP contribution < -0.4 is 5.32 Å². The highest BCUT2D eigenvalue weighted by Gasteiger charge is 2.10. The molecule has 0 bridgehead atoms. The number of rotatable bonds is 8. The van der Waals surface area contributed by atoms with Crippen molar-refractivity contribution in [2.75, 3.05) is 25.1 Å². The predicted octanol–water partition coefficient (Wildman–Crippen LogP) is 1.45. The molecule has 0 saturated heterocycles. The largest absolute Gasteiger partial charge is 0.320 e. The summed E-state index contributed by atoms with van der Waals surface area (Å²) in [7, 11) is -0.903. The molecule has 0 aliphatic rings. The lowest BCUT2D eigenvalue weighted by Crippen LogP contribution is -2.15. The van der Waals surface area contributed by atoms with Crippen LogP contribution in [-0.4, -0.2) is 33.5 Å². The average molecular weight is 221 g/mol. The Balaban J connectivity index is 3.62. The minimum absolute atomic E-state index is 0.349. The molecule has 86 valence electrons. The van der Waals surface area contributed by atoms with Gasteiger partial charge in [0.15, 0.2) is 0 Å². The molecule has 0 atom stereocenters. The van der Waals surface area contributed by atoms with Gasteiger partial charge >= 0.3 is 0 Å². The van der Waals surface area contributed by atoms with Crippen LogP contribution in [0.25, 0.3) is 0 Å². The fraction of sp³-hybridized carbons (Fsp3) is 1.00. The minimum atomic E-state index is -2.78. The third-order valence-corrected chi connectivity index (χ3v) is 3.91. The highest BCUT2D eigenvalue weighted by atomic mass is 32.2. The van der Waals surface area contributed by atoms with Crippen molar-refractivity contribution in [2.24, 2.45) is 5.92 Å². The van der Waals surface area contributed by atoms with Gasteiger partial charge in [-0.2, -0.15) is 0 Å². The maximum absolute atomic E-state index is 11.5. The van der Waals surface area contributed by atoms with Crippen molar-refractivity contribution < 1.29 is 8.42 Å². The van der Waals surface area contributed by atoms with Crippen molar-refractivity contribution in [3.63, 3.8) is 0 Å². The maximum Gasteiger partial charge on any atom is 0.150 e. The van der Waals surface area contributed by atoms with Crippen molar-refractivity contribution in [2.45, 2.75) is 33.1 Å². The van der Waals surface area contributed by atoms with Gasteiger partial charge in [0.05, 0.1) is 11.5 Å². The molecule has 0 radical (unpaired) electrons. The second-order valence-electron chi connectivity index (χ2n) is 4.15. The van der Waals surface area contributed by atoms with Crippen LogP contribution in [0.2, 0.25) is 0 Å². The molecule has 0 fully saturated rings. The molecule has 1 N–H and O–H groups in total. The lowest BCUT2D eigenvalue weighted by Gasteiger charge is -2.06. The summed E-state index contributed by atoms with van der Waals surface area (Å²) >= 11 is 0. The molecule has 0 saturated carbocycles. The Hall–Kier alpha value is -0.0900. The van der Waals surface area contributed by atoms with Crippen molar-refractivity contribution >= 4 is 9.84 Å². The van der Waals surface area contributed by atoms with Gasteiger partial charge in [0.2, 0.25) is 0 Å². The molecule has 0 aromatic heterocycles. The molecule has 4 heteroatoms. The Morgan fingerprint density at radius 1 is 1.14 bits per heavy atom. The van der Waals surface area contributed by atoms with Crippen LogP contribution in [0.5, 0.6) is 0 Å². The van der Waals surface area contributed by atoms with Crippen LogP contribution in [0.4, 0.5) is 0 Å². The van der Waals surface area contributed by atoms with E-state index in [2.05, 4.69) is 19.2 Å². The third-order valence-electron chi connectivity index (χ3n) is 2.14. The van der Waals surface area contributed by atoms with E-state index in [0.29, 0.717) is 17.4 Å². The zero-order valence-electron chi connectivity index (χ0n) is 9.54. The number of hydrogen-bond acceptors (Lipinski definition) is 3. The molecule has 0 aliphatic heterocycles. The van der Waals surface area contributed by atoms with Crippen LogP contribution in [0.3, 0.4) is 0 Å². The first-order chi connectivity index (χ1) is 6.48. The van der Waals surface area contributed by atoms with Gasteiger partial charge in [-0.3, -0.25) is 0 Å². The van der Waals surface area contributed by atoms with Gasteiger partial charge in [0.1, 0.15) is 9.84 Å². The van der Waals surface area contributed by atoms with Crippen LogP contribution in [-0.2, 0) is 9.84 Å². The first kappa shape index (κ1) is 13.9. The molecule has 0 unspecified atom stereocenters. The Kier molecular flexibility index (Phi) is 7.19. The molecule has 0 amide bonds. The molecule has 0 aliphatic carbocycles. The van der Waals surface area contributed by atoms with E-state index in [-0.39, 0.29) is 0 Å². The van der Waals surface area contributed by atoms with Gasteiger partial charge in [-0.15, -0.1) is 0 Å². The van der Waals surface area contributed by atoms with E-state index in [9.17, 15) is 8.42 Å². The van der Waals surface area contributed by atoms with Crippen LogP contribution in [0.1, 0.15) is 33.1 Å². The Bertz CT molecular complexity index is 222. The Labute approximate surface area is 88.2 Å². The van der Waals surface area contributed by atoms with Gasteiger partial charge in [0.25, 0.3) is 0 Å². The second kappa shape index (κ2) is 7.23. The normalized spacial score (nSPS) is 12.3. The lowest BCUT2D eigenvalue weighted by atomic mass is 10.2. The standard InChI is InChI=1S/C10H23NO2S/c1-10(2)6-9-14(12,13)8-5-4-7-11-3/h10-11H,4-9H2,1-3H3. The Morgan fingerprint density at radius 3 is 2.29 bits per heavy atom. The van der Waals surface area contributed by atoms with Crippen LogP contribution in [0.15, 0.2) is 0 Å². The zero-order valence-corrected chi connectivity index (χ0v) is 10.4. The lowest BCUT2D eigenvalue weighted by molar-refractivity contribution is 0.569. The number of nitrogens with one attached hydrogen (secondary N) is 1. The molecular weight excluding hydrogens is 198 g/mol. The smallest absolute Gasteiger partial charge is 0.150 e. The van der Waals surface area contributed by atoms with E-state index in [0.717, 1.165) is 25.8 Å². The van der Waals surface area contributed by atoms with Crippen LogP contribution in [0, 0.1) is 5.92 Å². The molecule has 0 heterocycles. The SMILES string of the molecule is CNCCCCS(=O)(=O)CCC(C)C. The molecule has 0 aromatic rings. The first-order valence-electron chi connectivity index (χ1n) is 5.33. The monoisotopic (exact) mass is 221 g/mol. The number of hydrogen-bond donors (Lipinski definition) is 1. The molecular formula is C10H23NO2S. The summed E-state index contributed by atoms with van der Waals surface area (Å²) in [5.41, 5.74) is 0. The van der Waals surface area contributed by atoms with E-state index in [1.807, 2.05) is 7.05 Å². The van der Waals surface area contributed by atoms with Crippen molar-refractivity contribution in [3.05, 3.63) is 0 Å². The highest BCUT2D eigenvalue weighted by molar-refractivity contribution is 7.91. The predicted molar refractivity (Wildman–Crippen MR) is 61.3 cm³/mol. The van der Waals surface area contributed by atoms with Crippen LogP contribution >= 0.6 is 0 Å². The van der Waals surface area contributed by atoms with Gasteiger partial charge in [-0.05, 0) is 38.8 Å². The third kappa shape index (κ3) is 8.51. The summed E-state index contributed by atoms with van der Waals surface area (Å²) in [4.78, 5) is 0. The van der Waals surface area contributed by atoms with E-state index in [1.165, 1.54) is 0 Å². The molecule has 0 aromatic carbocycles. The van der Waals surface area contributed by atoms with Gasteiger partial charge < -0.3 is 5.32 Å². The summed E-state index contributed by atoms with van der Waals surface area (Å²) in [5, 5.41) is 3.01. The maximum atomic E-state index is 11.5. The van der Waals surface area contributed by atoms with E-state index in [4.69, 9.17) is 0 Å². The van der Waals surface area contributed by atoms with E-state index >= 15 is 0 Å². The highest BCUT2D eigenvalue weighted by Crippen LogP contribution is 2.05. The zero-order chi connectivity index (χ0) is 11.0. The summed E-state index contributed by atoms with van der Waals surface area (Å²) in [6.07, 6.45) is 2.51. The Morgan fingerprint density at radius 2 is 1.79 bits per heavy atom. The fourth-order valence-electron chi connectivity index (χ4n) is 1.14.